The molecule has 21 heavy (non-hydrogen) atoms. The van der Waals surface area contributed by atoms with Crippen LogP contribution in [0.3, 0.4) is 0 Å². The monoisotopic (exact) mass is 286 g/mol. The number of rotatable bonds is 2. The summed E-state index contributed by atoms with van der Waals surface area (Å²) in [6.07, 6.45) is 0.995. The van der Waals surface area contributed by atoms with E-state index in [0.717, 1.165) is 11.3 Å². The first kappa shape index (κ1) is 13.8. The minimum absolute atomic E-state index is 0.0691. The Morgan fingerprint density at radius 2 is 2.00 bits per heavy atom. The van der Waals surface area contributed by atoms with Gasteiger partial charge in [0, 0.05) is 12.1 Å². The first-order valence-electron chi connectivity index (χ1n) is 7.26. The highest BCUT2D eigenvalue weighted by Crippen LogP contribution is 2.34. The van der Waals surface area contributed by atoms with Crippen LogP contribution in [0.4, 0.5) is 5.69 Å². The van der Waals surface area contributed by atoms with E-state index in [1.807, 2.05) is 18.2 Å². The van der Waals surface area contributed by atoms with Gasteiger partial charge in [-0.2, -0.15) is 0 Å². The van der Waals surface area contributed by atoms with Crippen molar-refractivity contribution in [1.82, 2.24) is 5.32 Å². The zero-order valence-electron chi connectivity index (χ0n) is 12.2. The minimum Gasteiger partial charge on any atom is -0.299 e. The Bertz CT molecular complexity index is 636. The van der Waals surface area contributed by atoms with Gasteiger partial charge in [0.1, 0.15) is 6.04 Å². The van der Waals surface area contributed by atoms with Crippen LogP contribution in [0.1, 0.15) is 43.7 Å². The van der Waals surface area contributed by atoms with E-state index in [4.69, 9.17) is 0 Å². The number of piperidine rings is 1. The fourth-order valence-electron chi connectivity index (χ4n) is 2.99. The molecule has 0 saturated carbocycles. The second kappa shape index (κ2) is 4.98. The molecule has 1 fully saturated rings. The van der Waals surface area contributed by atoms with E-state index >= 15 is 0 Å². The number of hydrogen-bond donors (Lipinski definition) is 1. The molecule has 1 saturated heterocycles. The third-order valence-electron chi connectivity index (χ3n) is 4.16. The van der Waals surface area contributed by atoms with Gasteiger partial charge in [-0.15, -0.1) is 0 Å². The van der Waals surface area contributed by atoms with Crippen LogP contribution in [-0.2, 0) is 20.8 Å². The third-order valence-corrected chi connectivity index (χ3v) is 4.16. The smallest absolute Gasteiger partial charge is 0.249 e. The molecule has 1 atom stereocenters. The van der Waals surface area contributed by atoms with Crippen molar-refractivity contribution in [1.29, 1.82) is 0 Å². The summed E-state index contributed by atoms with van der Waals surface area (Å²) in [5, 5.41) is 2.32. The maximum absolute atomic E-state index is 12.3. The van der Waals surface area contributed by atoms with Crippen LogP contribution < -0.4 is 10.2 Å². The molecule has 3 amide bonds. The SMILES string of the molecule is CC(C)c1ccc2c(c1)CC(=O)N2C1CCC(=O)NC1=O. The lowest BCUT2D eigenvalue weighted by molar-refractivity contribution is -0.135. The second-order valence-electron chi connectivity index (χ2n) is 5.95. The number of hydrogen-bond acceptors (Lipinski definition) is 3. The summed E-state index contributed by atoms with van der Waals surface area (Å²) in [4.78, 5) is 37.1. The maximum Gasteiger partial charge on any atom is 0.249 e. The van der Waals surface area contributed by atoms with Crippen molar-refractivity contribution in [3.63, 3.8) is 0 Å². The van der Waals surface area contributed by atoms with Gasteiger partial charge in [0.05, 0.1) is 6.42 Å². The fourth-order valence-corrected chi connectivity index (χ4v) is 2.99. The molecule has 2 heterocycles. The first-order valence-corrected chi connectivity index (χ1v) is 7.26. The highest BCUT2D eigenvalue weighted by Gasteiger charge is 2.39. The normalized spacial score (nSPS) is 21.8. The van der Waals surface area contributed by atoms with Crippen molar-refractivity contribution in [2.24, 2.45) is 0 Å². The Balaban J connectivity index is 1.94. The number of anilines is 1. The van der Waals surface area contributed by atoms with E-state index in [9.17, 15) is 14.4 Å². The average Bonchev–Trinajstić information content (AvgIpc) is 2.74. The molecule has 1 unspecified atom stereocenters. The summed E-state index contributed by atoms with van der Waals surface area (Å²) in [6, 6.07) is 5.39. The molecular weight excluding hydrogens is 268 g/mol. The van der Waals surface area contributed by atoms with Crippen LogP contribution in [0.25, 0.3) is 0 Å². The van der Waals surface area contributed by atoms with Crippen molar-refractivity contribution in [3.8, 4) is 0 Å². The lowest BCUT2D eigenvalue weighted by Crippen LogP contribution is -2.53. The van der Waals surface area contributed by atoms with E-state index in [2.05, 4.69) is 19.2 Å². The second-order valence-corrected chi connectivity index (χ2v) is 5.95. The first-order chi connectivity index (χ1) is 9.97. The van der Waals surface area contributed by atoms with Crippen LogP contribution in [0.15, 0.2) is 18.2 Å². The number of carbonyl (C=O) groups is 3. The molecule has 0 spiro atoms. The number of carbonyl (C=O) groups excluding carboxylic acids is 3. The zero-order chi connectivity index (χ0) is 15.1. The van der Waals surface area contributed by atoms with Gasteiger partial charge in [-0.05, 0) is 29.5 Å². The van der Waals surface area contributed by atoms with Crippen molar-refractivity contribution in [2.45, 2.75) is 45.1 Å². The lowest BCUT2D eigenvalue weighted by atomic mass is 9.99. The van der Waals surface area contributed by atoms with E-state index in [1.54, 1.807) is 4.90 Å². The number of amides is 3. The zero-order valence-corrected chi connectivity index (χ0v) is 12.2. The molecular formula is C16H18N2O3. The molecule has 5 nitrogen and oxygen atoms in total. The standard InChI is InChI=1S/C16H18N2O3/c1-9(2)10-3-4-12-11(7-10)8-15(20)18(12)13-5-6-14(19)17-16(13)21/h3-4,7,9,13H,5-6,8H2,1-2H3,(H,17,19,21). The average molecular weight is 286 g/mol. The molecule has 3 rings (SSSR count). The van der Waals surface area contributed by atoms with Crippen LogP contribution in [0.2, 0.25) is 0 Å². The van der Waals surface area contributed by atoms with Gasteiger partial charge in [0.25, 0.3) is 0 Å². The molecule has 2 aliphatic heterocycles. The number of benzene rings is 1. The molecule has 1 aromatic carbocycles. The molecule has 0 radical (unpaired) electrons. The highest BCUT2D eigenvalue weighted by molar-refractivity contribution is 6.10. The van der Waals surface area contributed by atoms with Crippen LogP contribution in [0, 0.1) is 0 Å². The number of nitrogens with zero attached hydrogens (tertiary/aromatic N) is 1. The Morgan fingerprint density at radius 1 is 1.24 bits per heavy atom. The van der Waals surface area contributed by atoms with Crippen molar-refractivity contribution >= 4 is 23.4 Å². The predicted molar refractivity (Wildman–Crippen MR) is 77.9 cm³/mol. The van der Waals surface area contributed by atoms with Crippen LogP contribution in [0.5, 0.6) is 0 Å². The van der Waals surface area contributed by atoms with E-state index in [-0.39, 0.29) is 24.1 Å². The fraction of sp³-hybridized carbons (Fsp3) is 0.438. The van der Waals surface area contributed by atoms with Crippen LogP contribution in [-0.4, -0.2) is 23.8 Å². The molecule has 5 heteroatoms. The molecule has 110 valence electrons. The summed E-state index contributed by atoms with van der Waals surface area (Å²) >= 11 is 0. The van der Waals surface area contributed by atoms with Gasteiger partial charge in [-0.3, -0.25) is 24.6 Å². The molecule has 0 bridgehead atoms. The third kappa shape index (κ3) is 2.33. The lowest BCUT2D eigenvalue weighted by Gasteiger charge is -2.30. The van der Waals surface area contributed by atoms with Gasteiger partial charge in [0.2, 0.25) is 17.7 Å². The Hall–Kier alpha value is -2.17. The highest BCUT2D eigenvalue weighted by atomic mass is 16.2. The van der Waals surface area contributed by atoms with Gasteiger partial charge in [-0.25, -0.2) is 0 Å². The molecule has 2 aliphatic rings. The molecule has 1 N–H and O–H groups in total. The van der Waals surface area contributed by atoms with Crippen LogP contribution >= 0.6 is 0 Å². The van der Waals surface area contributed by atoms with Gasteiger partial charge in [0.15, 0.2) is 0 Å². The van der Waals surface area contributed by atoms with Crippen molar-refractivity contribution in [2.75, 3.05) is 4.90 Å². The molecule has 0 aromatic heterocycles. The molecule has 0 aliphatic carbocycles. The van der Waals surface area contributed by atoms with E-state index < -0.39 is 6.04 Å². The number of fused-ring (bicyclic) bond motifs is 1. The minimum atomic E-state index is -0.568. The van der Waals surface area contributed by atoms with E-state index in [0.29, 0.717) is 18.8 Å². The van der Waals surface area contributed by atoms with Crippen molar-refractivity contribution in [3.05, 3.63) is 29.3 Å². The summed E-state index contributed by atoms with van der Waals surface area (Å²) in [6.45, 7) is 4.22. The Kier molecular flexibility index (Phi) is 3.27. The van der Waals surface area contributed by atoms with Gasteiger partial charge >= 0.3 is 0 Å². The summed E-state index contributed by atoms with van der Waals surface area (Å²) in [5.41, 5.74) is 2.96. The molecule has 1 aromatic rings. The van der Waals surface area contributed by atoms with E-state index in [1.165, 1.54) is 5.56 Å². The largest absolute Gasteiger partial charge is 0.299 e. The Morgan fingerprint density at radius 3 is 2.67 bits per heavy atom. The predicted octanol–water partition coefficient (Wildman–Crippen LogP) is 1.50. The number of imide groups is 1. The number of nitrogens with one attached hydrogen (secondary N) is 1. The van der Waals surface area contributed by atoms with Gasteiger partial charge in [-0.1, -0.05) is 26.0 Å². The quantitative estimate of drug-likeness (QED) is 0.838. The Labute approximate surface area is 123 Å². The summed E-state index contributed by atoms with van der Waals surface area (Å²) < 4.78 is 0. The maximum atomic E-state index is 12.3. The van der Waals surface area contributed by atoms with Crippen molar-refractivity contribution < 1.29 is 14.4 Å². The van der Waals surface area contributed by atoms with Gasteiger partial charge < -0.3 is 0 Å². The topological polar surface area (TPSA) is 66.5 Å². The summed E-state index contributed by atoms with van der Waals surface area (Å²) in [5.74, 6) is -0.311. The summed E-state index contributed by atoms with van der Waals surface area (Å²) in [7, 11) is 0.